The Balaban J connectivity index is 1.92. The zero-order valence-corrected chi connectivity index (χ0v) is 10.1. The van der Waals surface area contributed by atoms with E-state index in [4.69, 9.17) is 9.47 Å². The van der Waals surface area contributed by atoms with Crippen LogP contribution in [0.2, 0.25) is 0 Å². The summed E-state index contributed by atoms with van der Waals surface area (Å²) in [5.41, 5.74) is 2.73. The van der Waals surface area contributed by atoms with Crippen LogP contribution in [0.4, 0.5) is 0 Å². The van der Waals surface area contributed by atoms with Crippen LogP contribution in [0.1, 0.15) is 23.7 Å². The predicted octanol–water partition coefficient (Wildman–Crippen LogP) is 1.58. The quantitative estimate of drug-likeness (QED) is 0.864. The van der Waals surface area contributed by atoms with Crippen molar-refractivity contribution in [2.45, 2.75) is 19.8 Å². The topological polar surface area (TPSA) is 67.1 Å². The highest BCUT2D eigenvalue weighted by Gasteiger charge is 2.15. The van der Waals surface area contributed by atoms with Crippen molar-refractivity contribution in [3.63, 3.8) is 0 Å². The highest BCUT2D eigenvalue weighted by molar-refractivity contribution is 5.45. The first kappa shape index (κ1) is 11.0. The highest BCUT2D eigenvalue weighted by atomic mass is 16.7. The fourth-order valence-corrected chi connectivity index (χ4v) is 2.16. The van der Waals surface area contributed by atoms with Crippen molar-refractivity contribution in [2.24, 2.45) is 0 Å². The van der Waals surface area contributed by atoms with Crippen molar-refractivity contribution in [1.82, 2.24) is 10.2 Å². The molecule has 0 unspecified atom stereocenters. The van der Waals surface area contributed by atoms with Gasteiger partial charge in [-0.2, -0.15) is 0 Å². The lowest BCUT2D eigenvalue weighted by atomic mass is 10.0. The van der Waals surface area contributed by atoms with Gasteiger partial charge < -0.3 is 14.6 Å². The van der Waals surface area contributed by atoms with Gasteiger partial charge in [-0.1, -0.05) is 13.0 Å². The Kier molecular flexibility index (Phi) is 2.59. The number of ether oxygens (including phenoxy) is 2. The minimum absolute atomic E-state index is 0.0514. The van der Waals surface area contributed by atoms with E-state index >= 15 is 0 Å². The Labute approximate surface area is 104 Å². The average Bonchev–Trinajstić information content (AvgIpc) is 2.97. The number of H-pyrrole nitrogens is 2. The third-order valence-corrected chi connectivity index (χ3v) is 3.14. The summed E-state index contributed by atoms with van der Waals surface area (Å²) in [6.45, 7) is 2.28. The maximum absolute atomic E-state index is 11.7. The molecule has 0 saturated carbocycles. The SMILES string of the molecule is CCc1[nH][nH]c(=O)c1Cc1ccc2c(c1)OCO2. The van der Waals surface area contributed by atoms with Crippen molar-refractivity contribution in [2.75, 3.05) is 6.79 Å². The second kappa shape index (κ2) is 4.25. The Bertz CT molecular complexity index is 627. The van der Waals surface area contributed by atoms with E-state index in [0.29, 0.717) is 6.42 Å². The summed E-state index contributed by atoms with van der Waals surface area (Å²) >= 11 is 0. The maximum Gasteiger partial charge on any atom is 0.267 e. The van der Waals surface area contributed by atoms with Crippen LogP contribution < -0.4 is 15.0 Å². The van der Waals surface area contributed by atoms with Gasteiger partial charge in [0, 0.05) is 17.7 Å². The van der Waals surface area contributed by atoms with Gasteiger partial charge in [0.15, 0.2) is 11.5 Å². The summed E-state index contributed by atoms with van der Waals surface area (Å²) in [5, 5.41) is 5.53. The van der Waals surface area contributed by atoms with Gasteiger partial charge in [-0.15, -0.1) is 0 Å². The van der Waals surface area contributed by atoms with Crippen LogP contribution in [0.5, 0.6) is 11.5 Å². The van der Waals surface area contributed by atoms with Gasteiger partial charge in [0.2, 0.25) is 6.79 Å². The minimum Gasteiger partial charge on any atom is -0.454 e. The number of aryl methyl sites for hydroxylation is 1. The lowest BCUT2D eigenvalue weighted by molar-refractivity contribution is 0.174. The number of benzene rings is 1. The molecule has 1 aliphatic rings. The average molecular weight is 246 g/mol. The molecule has 1 aromatic heterocycles. The van der Waals surface area contributed by atoms with Crippen molar-refractivity contribution >= 4 is 0 Å². The monoisotopic (exact) mass is 246 g/mol. The van der Waals surface area contributed by atoms with Gasteiger partial charge in [0.05, 0.1) is 0 Å². The standard InChI is InChI=1S/C13H14N2O3/c1-2-10-9(13(16)15-14-10)5-8-3-4-11-12(6-8)18-7-17-11/h3-4,6H,2,5,7H2,1H3,(H2,14,15,16). The molecule has 3 rings (SSSR count). The van der Waals surface area contributed by atoms with Crippen LogP contribution in [0.25, 0.3) is 0 Å². The van der Waals surface area contributed by atoms with E-state index in [9.17, 15) is 4.79 Å². The molecule has 5 heteroatoms. The lowest BCUT2D eigenvalue weighted by Crippen LogP contribution is -2.07. The Hall–Kier alpha value is -2.17. The van der Waals surface area contributed by atoms with Crippen molar-refractivity contribution in [3.05, 3.63) is 45.4 Å². The zero-order valence-electron chi connectivity index (χ0n) is 10.1. The molecule has 2 aromatic rings. The van der Waals surface area contributed by atoms with E-state index in [-0.39, 0.29) is 12.4 Å². The summed E-state index contributed by atoms with van der Waals surface area (Å²) in [6, 6.07) is 5.76. The molecule has 94 valence electrons. The Morgan fingerprint density at radius 3 is 2.89 bits per heavy atom. The summed E-state index contributed by atoms with van der Waals surface area (Å²) in [7, 11) is 0. The number of fused-ring (bicyclic) bond motifs is 1. The number of aromatic nitrogens is 2. The third kappa shape index (κ3) is 1.77. The molecule has 1 aromatic carbocycles. The van der Waals surface area contributed by atoms with Crippen LogP contribution in [-0.2, 0) is 12.8 Å². The highest BCUT2D eigenvalue weighted by Crippen LogP contribution is 2.33. The van der Waals surface area contributed by atoms with E-state index in [0.717, 1.165) is 34.7 Å². The van der Waals surface area contributed by atoms with Crippen molar-refractivity contribution in [1.29, 1.82) is 0 Å². The molecule has 18 heavy (non-hydrogen) atoms. The second-order valence-electron chi connectivity index (χ2n) is 4.25. The van der Waals surface area contributed by atoms with E-state index in [1.165, 1.54) is 0 Å². The molecule has 2 N–H and O–H groups in total. The molecule has 2 heterocycles. The largest absolute Gasteiger partial charge is 0.454 e. The summed E-state index contributed by atoms with van der Waals surface area (Å²) in [6.07, 6.45) is 1.40. The first-order chi connectivity index (χ1) is 8.78. The number of hydrogen-bond acceptors (Lipinski definition) is 3. The molecule has 1 aliphatic heterocycles. The Morgan fingerprint density at radius 2 is 2.06 bits per heavy atom. The molecular weight excluding hydrogens is 232 g/mol. The van der Waals surface area contributed by atoms with Crippen LogP contribution in [0.3, 0.4) is 0 Å². The minimum atomic E-state index is -0.0514. The molecule has 0 saturated heterocycles. The molecular formula is C13H14N2O3. The predicted molar refractivity (Wildman–Crippen MR) is 66.2 cm³/mol. The second-order valence-corrected chi connectivity index (χ2v) is 4.25. The number of rotatable bonds is 3. The molecule has 0 fully saturated rings. The van der Waals surface area contributed by atoms with Crippen LogP contribution >= 0.6 is 0 Å². The van der Waals surface area contributed by atoms with Gasteiger partial charge in [-0.25, -0.2) is 0 Å². The van der Waals surface area contributed by atoms with E-state index in [1.807, 2.05) is 25.1 Å². The maximum atomic E-state index is 11.7. The molecule has 0 atom stereocenters. The van der Waals surface area contributed by atoms with Crippen molar-refractivity contribution < 1.29 is 9.47 Å². The van der Waals surface area contributed by atoms with Crippen LogP contribution in [-0.4, -0.2) is 17.0 Å². The molecule has 0 amide bonds. The Morgan fingerprint density at radius 1 is 1.22 bits per heavy atom. The van der Waals surface area contributed by atoms with Gasteiger partial charge in [0.25, 0.3) is 5.56 Å². The number of aromatic amines is 2. The molecule has 5 nitrogen and oxygen atoms in total. The number of nitrogens with one attached hydrogen (secondary N) is 2. The fraction of sp³-hybridized carbons (Fsp3) is 0.308. The molecule has 0 bridgehead atoms. The van der Waals surface area contributed by atoms with Gasteiger partial charge in [-0.05, 0) is 24.1 Å². The summed E-state index contributed by atoms with van der Waals surface area (Å²) < 4.78 is 10.6. The lowest BCUT2D eigenvalue weighted by Gasteiger charge is -2.02. The first-order valence-electron chi connectivity index (χ1n) is 5.95. The first-order valence-corrected chi connectivity index (χ1v) is 5.95. The van der Waals surface area contributed by atoms with Gasteiger partial charge in [0.1, 0.15) is 0 Å². The van der Waals surface area contributed by atoms with E-state index < -0.39 is 0 Å². The van der Waals surface area contributed by atoms with E-state index in [1.54, 1.807) is 0 Å². The molecule has 0 spiro atoms. The van der Waals surface area contributed by atoms with Gasteiger partial charge in [-0.3, -0.25) is 9.89 Å². The molecule has 0 aliphatic carbocycles. The summed E-state index contributed by atoms with van der Waals surface area (Å²) in [4.78, 5) is 11.7. The smallest absolute Gasteiger partial charge is 0.267 e. The summed E-state index contributed by atoms with van der Waals surface area (Å²) in [5.74, 6) is 1.51. The zero-order chi connectivity index (χ0) is 12.5. The van der Waals surface area contributed by atoms with E-state index in [2.05, 4.69) is 10.2 Å². The van der Waals surface area contributed by atoms with Crippen molar-refractivity contribution in [3.8, 4) is 11.5 Å². The normalized spacial score (nSPS) is 12.9. The third-order valence-electron chi connectivity index (χ3n) is 3.14. The fourth-order valence-electron chi connectivity index (χ4n) is 2.16. The van der Waals surface area contributed by atoms with Crippen LogP contribution in [0.15, 0.2) is 23.0 Å². The van der Waals surface area contributed by atoms with Gasteiger partial charge >= 0.3 is 0 Å². The molecule has 0 radical (unpaired) electrons. The number of hydrogen-bond donors (Lipinski definition) is 2. The van der Waals surface area contributed by atoms with Crippen LogP contribution in [0, 0.1) is 0 Å².